The van der Waals surface area contributed by atoms with Gasteiger partial charge in [0.2, 0.25) is 0 Å². The molecule has 2 nitrogen and oxygen atoms in total. The van der Waals surface area contributed by atoms with Crippen molar-refractivity contribution in [3.63, 3.8) is 0 Å². The lowest BCUT2D eigenvalue weighted by atomic mass is 10.2. The lowest BCUT2D eigenvalue weighted by Gasteiger charge is -2.14. The molecule has 0 aliphatic carbocycles. The van der Waals surface area contributed by atoms with Gasteiger partial charge in [0.15, 0.2) is 5.75 Å². The van der Waals surface area contributed by atoms with Crippen LogP contribution in [0.15, 0.2) is 46.9 Å². The molecule has 2 aromatic rings. The minimum atomic E-state index is -4.47. The van der Waals surface area contributed by atoms with Crippen LogP contribution < -0.4 is 10.5 Å². The fourth-order valence-corrected chi connectivity index (χ4v) is 1.86. The highest BCUT2D eigenvalue weighted by atomic mass is 79.9. The molecule has 19 heavy (non-hydrogen) atoms. The summed E-state index contributed by atoms with van der Waals surface area (Å²) in [5.41, 5.74) is 5.15. The summed E-state index contributed by atoms with van der Waals surface area (Å²) in [5.74, 6) is -0.106. The third-order valence-corrected chi connectivity index (χ3v) is 3.12. The van der Waals surface area contributed by atoms with E-state index < -0.39 is 11.7 Å². The van der Waals surface area contributed by atoms with Gasteiger partial charge < -0.3 is 10.5 Å². The zero-order valence-corrected chi connectivity index (χ0v) is 11.1. The number of ether oxygens (including phenoxy) is 1. The first-order chi connectivity index (χ1) is 8.89. The number of halogens is 4. The van der Waals surface area contributed by atoms with Gasteiger partial charge in [-0.1, -0.05) is 18.2 Å². The fourth-order valence-electron chi connectivity index (χ4n) is 1.51. The predicted octanol–water partition coefficient (Wildman–Crippen LogP) is 4.84. The largest absolute Gasteiger partial charge is 0.455 e. The van der Waals surface area contributed by atoms with Crippen molar-refractivity contribution in [2.45, 2.75) is 6.18 Å². The van der Waals surface area contributed by atoms with Crippen molar-refractivity contribution < 1.29 is 17.9 Å². The van der Waals surface area contributed by atoms with Crippen LogP contribution in [0.25, 0.3) is 0 Å². The van der Waals surface area contributed by atoms with E-state index >= 15 is 0 Å². The fraction of sp³-hybridized carbons (Fsp3) is 0.0769. The maximum absolute atomic E-state index is 12.8. The first kappa shape index (κ1) is 13.7. The van der Waals surface area contributed by atoms with Crippen LogP contribution in [0.5, 0.6) is 11.5 Å². The van der Waals surface area contributed by atoms with Crippen LogP contribution in [0.2, 0.25) is 0 Å². The quantitative estimate of drug-likeness (QED) is 0.799. The van der Waals surface area contributed by atoms with Crippen LogP contribution >= 0.6 is 15.9 Å². The van der Waals surface area contributed by atoms with Crippen LogP contribution in [0.4, 0.5) is 18.9 Å². The molecule has 0 saturated carbocycles. The van der Waals surface area contributed by atoms with Crippen molar-refractivity contribution in [2.75, 3.05) is 5.73 Å². The molecule has 0 unspecified atom stereocenters. The highest BCUT2D eigenvalue weighted by Crippen LogP contribution is 2.40. The lowest BCUT2D eigenvalue weighted by Crippen LogP contribution is -2.07. The molecule has 6 heteroatoms. The Morgan fingerprint density at radius 3 is 2.26 bits per heavy atom. The van der Waals surface area contributed by atoms with Gasteiger partial charge in [0.25, 0.3) is 0 Å². The molecule has 2 aromatic carbocycles. The first-order valence-corrected chi connectivity index (χ1v) is 6.07. The van der Waals surface area contributed by atoms with Crippen molar-refractivity contribution in [2.24, 2.45) is 0 Å². The van der Waals surface area contributed by atoms with Crippen LogP contribution in [-0.2, 0) is 6.18 Å². The Morgan fingerprint density at radius 2 is 1.58 bits per heavy atom. The molecule has 100 valence electrons. The number of hydrogen-bond donors (Lipinski definition) is 1. The Morgan fingerprint density at radius 1 is 0.947 bits per heavy atom. The number of benzene rings is 2. The smallest absolute Gasteiger partial charge is 0.419 e. The standard InChI is InChI=1S/C13H9BrF3NO/c14-9-5-3-7-11(12(9)18)19-10-6-2-1-4-8(10)13(15,16)17/h1-7H,18H2. The van der Waals surface area contributed by atoms with Gasteiger partial charge in [-0.2, -0.15) is 13.2 Å². The average Bonchev–Trinajstić information content (AvgIpc) is 2.34. The summed E-state index contributed by atoms with van der Waals surface area (Å²) < 4.78 is 44.3. The van der Waals surface area contributed by atoms with Gasteiger partial charge in [-0.15, -0.1) is 0 Å². The van der Waals surface area contributed by atoms with Gasteiger partial charge in [-0.3, -0.25) is 0 Å². The zero-order chi connectivity index (χ0) is 14.0. The second-order valence-corrected chi connectivity index (χ2v) is 4.60. The number of rotatable bonds is 2. The molecule has 0 aromatic heterocycles. The zero-order valence-electron chi connectivity index (χ0n) is 9.54. The normalized spacial score (nSPS) is 11.4. The van der Waals surface area contributed by atoms with E-state index in [0.717, 1.165) is 6.07 Å². The first-order valence-electron chi connectivity index (χ1n) is 5.27. The molecular formula is C13H9BrF3NO. The van der Waals surface area contributed by atoms with Crippen molar-refractivity contribution in [3.05, 3.63) is 52.5 Å². The van der Waals surface area contributed by atoms with E-state index in [9.17, 15) is 13.2 Å². The van der Waals surface area contributed by atoms with E-state index in [2.05, 4.69) is 15.9 Å². The molecule has 0 spiro atoms. The third kappa shape index (κ3) is 3.01. The highest BCUT2D eigenvalue weighted by Gasteiger charge is 2.34. The SMILES string of the molecule is Nc1c(Br)cccc1Oc1ccccc1C(F)(F)F. The molecule has 0 fully saturated rings. The third-order valence-electron chi connectivity index (χ3n) is 2.43. The summed E-state index contributed by atoms with van der Waals surface area (Å²) in [6, 6.07) is 9.81. The number of para-hydroxylation sites is 2. The highest BCUT2D eigenvalue weighted by molar-refractivity contribution is 9.10. The van der Waals surface area contributed by atoms with Gasteiger partial charge in [0.05, 0.1) is 11.3 Å². The molecule has 0 aliphatic heterocycles. The Hall–Kier alpha value is -1.69. The summed E-state index contributed by atoms with van der Waals surface area (Å²) in [6.45, 7) is 0. The maximum Gasteiger partial charge on any atom is 0.419 e. The Balaban J connectivity index is 2.42. The van der Waals surface area contributed by atoms with Crippen molar-refractivity contribution in [3.8, 4) is 11.5 Å². The second-order valence-electron chi connectivity index (χ2n) is 3.75. The van der Waals surface area contributed by atoms with Crippen molar-refractivity contribution >= 4 is 21.6 Å². The van der Waals surface area contributed by atoms with E-state index in [1.54, 1.807) is 12.1 Å². The topological polar surface area (TPSA) is 35.2 Å². The monoisotopic (exact) mass is 331 g/mol. The van der Waals surface area contributed by atoms with E-state index in [1.807, 2.05) is 0 Å². The van der Waals surface area contributed by atoms with Crippen LogP contribution in [-0.4, -0.2) is 0 Å². The predicted molar refractivity (Wildman–Crippen MR) is 70.1 cm³/mol. The van der Waals surface area contributed by atoms with Crippen molar-refractivity contribution in [1.82, 2.24) is 0 Å². The van der Waals surface area contributed by atoms with Crippen LogP contribution in [0, 0.1) is 0 Å². The molecule has 0 amide bonds. The van der Waals surface area contributed by atoms with E-state index in [1.165, 1.54) is 24.3 Å². The molecule has 0 heterocycles. The summed E-state index contributed by atoms with van der Waals surface area (Å²) in [4.78, 5) is 0. The van der Waals surface area contributed by atoms with Crippen LogP contribution in [0.1, 0.15) is 5.56 Å². The van der Waals surface area contributed by atoms with Crippen LogP contribution in [0.3, 0.4) is 0 Å². The van der Waals surface area contributed by atoms with Gasteiger partial charge in [0.1, 0.15) is 5.75 Å². The molecule has 0 bridgehead atoms. The number of alkyl halides is 3. The van der Waals surface area contributed by atoms with Gasteiger partial charge in [-0.05, 0) is 40.2 Å². The molecule has 2 rings (SSSR count). The molecule has 0 radical (unpaired) electrons. The summed E-state index contributed by atoms with van der Waals surface area (Å²) >= 11 is 3.19. The Bertz CT molecular complexity index is 599. The number of hydrogen-bond acceptors (Lipinski definition) is 2. The average molecular weight is 332 g/mol. The maximum atomic E-state index is 12.8. The minimum Gasteiger partial charge on any atom is -0.455 e. The minimum absolute atomic E-state index is 0.172. The molecule has 0 atom stereocenters. The second kappa shape index (κ2) is 5.13. The number of anilines is 1. The van der Waals surface area contributed by atoms with Gasteiger partial charge in [-0.25, -0.2) is 0 Å². The van der Waals surface area contributed by atoms with E-state index in [-0.39, 0.29) is 17.2 Å². The lowest BCUT2D eigenvalue weighted by molar-refractivity contribution is -0.138. The van der Waals surface area contributed by atoms with Crippen molar-refractivity contribution in [1.29, 1.82) is 0 Å². The number of nitrogen functional groups attached to an aromatic ring is 1. The van der Waals surface area contributed by atoms with E-state index in [4.69, 9.17) is 10.5 Å². The Labute approximate surface area is 116 Å². The summed E-state index contributed by atoms with van der Waals surface area (Å²) in [5, 5.41) is 0. The summed E-state index contributed by atoms with van der Waals surface area (Å²) in [6.07, 6.45) is -4.47. The molecule has 0 saturated heterocycles. The molecule has 0 aliphatic rings. The van der Waals surface area contributed by atoms with Gasteiger partial charge in [0, 0.05) is 4.47 Å². The summed E-state index contributed by atoms with van der Waals surface area (Å²) in [7, 11) is 0. The van der Waals surface area contributed by atoms with Gasteiger partial charge >= 0.3 is 6.18 Å². The van der Waals surface area contributed by atoms with E-state index in [0.29, 0.717) is 4.47 Å². The molecular weight excluding hydrogens is 323 g/mol. The number of nitrogens with two attached hydrogens (primary N) is 1. The molecule has 2 N–H and O–H groups in total. The Kier molecular flexibility index (Phi) is 3.71.